The van der Waals surface area contributed by atoms with E-state index in [0.29, 0.717) is 32.7 Å². The van der Waals surface area contributed by atoms with Crippen LogP contribution in [0.15, 0.2) is 36.4 Å². The molecule has 0 saturated heterocycles. The molecule has 0 radical (unpaired) electrons. The first-order valence-electron chi connectivity index (χ1n) is 8.13. The Kier molecular flexibility index (Phi) is 10.2. The Morgan fingerprint density at radius 1 is 0.714 bits per heavy atom. The standard InChI is InChI=1S/2C10H11ClO3/c2*1-13-8-3-4-9(11)7(5-8)6-10(12)14-2/h2*3-5H,6H2,1-2H3. The van der Waals surface area contributed by atoms with Crippen LogP contribution >= 0.6 is 23.2 Å². The molecule has 8 heteroatoms. The molecule has 0 aromatic heterocycles. The number of carbonyl (C=O) groups excluding carboxylic acids is 2. The van der Waals surface area contributed by atoms with Crippen LogP contribution in [0.4, 0.5) is 0 Å². The summed E-state index contributed by atoms with van der Waals surface area (Å²) in [6.45, 7) is 0. The second kappa shape index (κ2) is 12.1. The smallest absolute Gasteiger partial charge is 0.310 e. The molecule has 2 aromatic carbocycles. The van der Waals surface area contributed by atoms with Crippen LogP contribution in [-0.4, -0.2) is 40.4 Å². The lowest BCUT2D eigenvalue weighted by Gasteiger charge is -2.05. The van der Waals surface area contributed by atoms with Crippen molar-refractivity contribution in [2.24, 2.45) is 0 Å². The van der Waals surface area contributed by atoms with E-state index in [1.807, 2.05) is 0 Å². The van der Waals surface area contributed by atoms with Crippen LogP contribution in [0.1, 0.15) is 11.1 Å². The molecule has 28 heavy (non-hydrogen) atoms. The average Bonchev–Trinajstić information content (AvgIpc) is 2.71. The van der Waals surface area contributed by atoms with E-state index in [9.17, 15) is 9.59 Å². The molecule has 0 unspecified atom stereocenters. The minimum atomic E-state index is -0.319. The van der Waals surface area contributed by atoms with E-state index < -0.39 is 0 Å². The van der Waals surface area contributed by atoms with Gasteiger partial charge in [-0.25, -0.2) is 0 Å². The Morgan fingerprint density at radius 2 is 1.07 bits per heavy atom. The van der Waals surface area contributed by atoms with Crippen molar-refractivity contribution in [3.05, 3.63) is 57.6 Å². The van der Waals surface area contributed by atoms with Crippen LogP contribution in [0.2, 0.25) is 10.0 Å². The highest BCUT2D eigenvalue weighted by atomic mass is 35.5. The van der Waals surface area contributed by atoms with Crippen LogP contribution < -0.4 is 9.47 Å². The fraction of sp³-hybridized carbons (Fsp3) is 0.300. The van der Waals surface area contributed by atoms with E-state index in [1.54, 1.807) is 50.6 Å². The van der Waals surface area contributed by atoms with Crippen molar-refractivity contribution in [1.29, 1.82) is 0 Å². The molecule has 2 aromatic rings. The number of hydrogen-bond donors (Lipinski definition) is 0. The Labute approximate surface area is 174 Å². The van der Waals surface area contributed by atoms with Gasteiger partial charge in [-0.15, -0.1) is 0 Å². The maximum absolute atomic E-state index is 11.0. The third kappa shape index (κ3) is 7.66. The van der Waals surface area contributed by atoms with E-state index >= 15 is 0 Å². The lowest BCUT2D eigenvalue weighted by molar-refractivity contribution is -0.140. The van der Waals surface area contributed by atoms with E-state index in [1.165, 1.54) is 14.2 Å². The third-order valence-corrected chi connectivity index (χ3v) is 4.37. The number of halogens is 2. The van der Waals surface area contributed by atoms with Crippen molar-refractivity contribution in [2.45, 2.75) is 12.8 Å². The minimum absolute atomic E-state index is 0.159. The molecule has 152 valence electrons. The predicted octanol–water partition coefficient (Wildman–Crippen LogP) is 4.13. The second-order valence-corrected chi connectivity index (χ2v) is 6.23. The monoisotopic (exact) mass is 428 g/mol. The number of hydrogen-bond acceptors (Lipinski definition) is 6. The highest BCUT2D eigenvalue weighted by Gasteiger charge is 2.09. The maximum Gasteiger partial charge on any atom is 0.310 e. The molecule has 0 aliphatic heterocycles. The van der Waals surface area contributed by atoms with Crippen LogP contribution in [0.25, 0.3) is 0 Å². The molecule has 0 heterocycles. The number of benzene rings is 2. The number of ether oxygens (including phenoxy) is 4. The molecule has 0 amide bonds. The van der Waals surface area contributed by atoms with Gasteiger partial charge in [-0.1, -0.05) is 23.2 Å². The SMILES string of the molecule is COC(=O)Cc1cc(OC)ccc1Cl.COC(=O)Cc1cc(OC)ccc1Cl. The van der Waals surface area contributed by atoms with E-state index in [4.69, 9.17) is 32.7 Å². The molecular formula is C20H22Cl2O6. The fourth-order valence-corrected chi connectivity index (χ4v) is 2.45. The van der Waals surface area contributed by atoms with E-state index in [-0.39, 0.29) is 24.8 Å². The van der Waals surface area contributed by atoms with Gasteiger partial charge in [0.15, 0.2) is 0 Å². The van der Waals surface area contributed by atoms with Gasteiger partial charge in [-0.05, 0) is 47.5 Å². The third-order valence-electron chi connectivity index (χ3n) is 3.63. The fourth-order valence-electron chi connectivity index (χ4n) is 2.08. The number of rotatable bonds is 6. The lowest BCUT2D eigenvalue weighted by Crippen LogP contribution is -2.05. The Morgan fingerprint density at radius 3 is 1.36 bits per heavy atom. The number of methoxy groups -OCH3 is 4. The van der Waals surface area contributed by atoms with Crippen molar-refractivity contribution >= 4 is 35.1 Å². The largest absolute Gasteiger partial charge is 0.497 e. The van der Waals surface area contributed by atoms with Crippen molar-refractivity contribution < 1.29 is 28.5 Å². The van der Waals surface area contributed by atoms with Crippen molar-refractivity contribution in [3.63, 3.8) is 0 Å². The molecule has 0 atom stereocenters. The zero-order valence-electron chi connectivity index (χ0n) is 16.1. The minimum Gasteiger partial charge on any atom is -0.497 e. The van der Waals surface area contributed by atoms with Crippen molar-refractivity contribution in [3.8, 4) is 11.5 Å². The first kappa shape index (κ1) is 23.6. The molecule has 0 saturated carbocycles. The molecule has 0 aliphatic carbocycles. The first-order chi connectivity index (χ1) is 13.3. The summed E-state index contributed by atoms with van der Waals surface area (Å²) in [4.78, 5) is 22.0. The van der Waals surface area contributed by atoms with Gasteiger partial charge < -0.3 is 18.9 Å². The highest BCUT2D eigenvalue weighted by molar-refractivity contribution is 6.31. The normalized spacial score (nSPS) is 9.64. The molecule has 2 rings (SSSR count). The lowest BCUT2D eigenvalue weighted by atomic mass is 10.1. The summed E-state index contributed by atoms with van der Waals surface area (Å²) in [6.07, 6.45) is 0.319. The summed E-state index contributed by atoms with van der Waals surface area (Å²) < 4.78 is 19.1. The molecule has 0 spiro atoms. The molecule has 0 bridgehead atoms. The average molecular weight is 429 g/mol. The van der Waals surface area contributed by atoms with Gasteiger partial charge in [-0.3, -0.25) is 9.59 Å². The van der Waals surface area contributed by atoms with Crippen molar-refractivity contribution in [1.82, 2.24) is 0 Å². The Hall–Kier alpha value is -2.44. The molecule has 0 aliphatic rings. The van der Waals surface area contributed by atoms with Gasteiger partial charge in [0.25, 0.3) is 0 Å². The van der Waals surface area contributed by atoms with Gasteiger partial charge in [0.1, 0.15) is 11.5 Å². The summed E-state index contributed by atoms with van der Waals surface area (Å²) in [5, 5.41) is 1.08. The Balaban J connectivity index is 0.000000280. The summed E-state index contributed by atoms with van der Waals surface area (Å²) in [5.41, 5.74) is 1.41. The number of carbonyl (C=O) groups is 2. The van der Waals surface area contributed by atoms with Gasteiger partial charge in [0.2, 0.25) is 0 Å². The molecule has 6 nitrogen and oxygen atoms in total. The van der Waals surface area contributed by atoms with Crippen LogP contribution in [-0.2, 0) is 31.9 Å². The van der Waals surface area contributed by atoms with Crippen LogP contribution in [0.3, 0.4) is 0 Å². The van der Waals surface area contributed by atoms with Crippen LogP contribution in [0, 0.1) is 0 Å². The summed E-state index contributed by atoms with van der Waals surface area (Å²) >= 11 is 11.8. The summed E-state index contributed by atoms with van der Waals surface area (Å²) in [5.74, 6) is 0.710. The Bertz CT molecular complexity index is 740. The van der Waals surface area contributed by atoms with E-state index in [0.717, 1.165) is 0 Å². The van der Waals surface area contributed by atoms with Gasteiger partial charge in [-0.2, -0.15) is 0 Å². The van der Waals surface area contributed by atoms with Gasteiger partial charge in [0, 0.05) is 10.0 Å². The summed E-state index contributed by atoms with van der Waals surface area (Å²) in [6, 6.07) is 10.3. The summed E-state index contributed by atoms with van der Waals surface area (Å²) in [7, 11) is 5.81. The van der Waals surface area contributed by atoms with Crippen LogP contribution in [0.5, 0.6) is 11.5 Å². The zero-order valence-corrected chi connectivity index (χ0v) is 17.6. The van der Waals surface area contributed by atoms with Gasteiger partial charge in [0.05, 0.1) is 41.3 Å². The predicted molar refractivity (Wildman–Crippen MR) is 107 cm³/mol. The number of esters is 2. The molecule has 0 fully saturated rings. The second-order valence-electron chi connectivity index (χ2n) is 5.42. The topological polar surface area (TPSA) is 71.1 Å². The van der Waals surface area contributed by atoms with Crippen molar-refractivity contribution in [2.75, 3.05) is 28.4 Å². The van der Waals surface area contributed by atoms with E-state index in [2.05, 4.69) is 9.47 Å². The first-order valence-corrected chi connectivity index (χ1v) is 8.88. The molecular weight excluding hydrogens is 407 g/mol. The highest BCUT2D eigenvalue weighted by Crippen LogP contribution is 2.23. The molecule has 0 N–H and O–H groups in total. The zero-order chi connectivity index (χ0) is 21.1. The quantitative estimate of drug-likeness (QED) is 0.644. The maximum atomic E-state index is 11.0. The van der Waals surface area contributed by atoms with Gasteiger partial charge >= 0.3 is 11.9 Å².